The quantitative estimate of drug-likeness (QED) is 0.844. The fourth-order valence-electron chi connectivity index (χ4n) is 2.04. The third-order valence-corrected chi connectivity index (χ3v) is 4.22. The highest BCUT2D eigenvalue weighted by molar-refractivity contribution is 7.85. The highest BCUT2D eigenvalue weighted by atomic mass is 32.2. The van der Waals surface area contributed by atoms with Gasteiger partial charge in [0.25, 0.3) is 0 Å². The first-order chi connectivity index (χ1) is 7.68. The molecule has 1 aromatic carbocycles. The molecule has 2 rings (SSSR count). The van der Waals surface area contributed by atoms with E-state index in [0.29, 0.717) is 0 Å². The smallest absolute Gasteiger partial charge is 0.0415 e. The first-order valence-corrected chi connectivity index (χ1v) is 7.11. The Bertz CT molecular complexity index is 382. The molecule has 0 bridgehead atoms. The Morgan fingerprint density at radius 1 is 1.31 bits per heavy atom. The van der Waals surface area contributed by atoms with Crippen LogP contribution in [-0.4, -0.2) is 28.8 Å². The van der Waals surface area contributed by atoms with Gasteiger partial charge in [-0.05, 0) is 18.6 Å². The SMILES string of the molecule is CC(N)c1ccccc1N1CCS(=O)CC1. The lowest BCUT2D eigenvalue weighted by molar-refractivity contribution is 0.672. The summed E-state index contributed by atoms with van der Waals surface area (Å²) in [7, 11) is -0.625. The summed E-state index contributed by atoms with van der Waals surface area (Å²) in [6.45, 7) is 3.74. The van der Waals surface area contributed by atoms with E-state index in [-0.39, 0.29) is 6.04 Å². The monoisotopic (exact) mass is 238 g/mol. The van der Waals surface area contributed by atoms with Crippen molar-refractivity contribution in [1.82, 2.24) is 0 Å². The van der Waals surface area contributed by atoms with Crippen molar-refractivity contribution in [3.05, 3.63) is 29.8 Å². The van der Waals surface area contributed by atoms with Crippen LogP contribution in [-0.2, 0) is 10.8 Å². The summed E-state index contributed by atoms with van der Waals surface area (Å²) in [6.07, 6.45) is 0. The Balaban J connectivity index is 2.23. The molecule has 2 N–H and O–H groups in total. The number of nitrogens with two attached hydrogens (primary N) is 1. The summed E-state index contributed by atoms with van der Waals surface area (Å²) in [4.78, 5) is 2.29. The van der Waals surface area contributed by atoms with E-state index < -0.39 is 10.8 Å². The van der Waals surface area contributed by atoms with E-state index in [9.17, 15) is 4.21 Å². The van der Waals surface area contributed by atoms with Gasteiger partial charge in [-0.3, -0.25) is 4.21 Å². The van der Waals surface area contributed by atoms with Crippen LogP contribution in [0.3, 0.4) is 0 Å². The van der Waals surface area contributed by atoms with Crippen LogP contribution >= 0.6 is 0 Å². The zero-order valence-corrected chi connectivity index (χ0v) is 10.4. The summed E-state index contributed by atoms with van der Waals surface area (Å²) >= 11 is 0. The maximum atomic E-state index is 11.3. The topological polar surface area (TPSA) is 46.3 Å². The average Bonchev–Trinajstić information content (AvgIpc) is 2.30. The van der Waals surface area contributed by atoms with Crippen LogP contribution in [0.15, 0.2) is 24.3 Å². The van der Waals surface area contributed by atoms with Crippen molar-refractivity contribution in [2.24, 2.45) is 5.73 Å². The van der Waals surface area contributed by atoms with E-state index in [4.69, 9.17) is 5.73 Å². The molecule has 1 aromatic rings. The van der Waals surface area contributed by atoms with Gasteiger partial charge in [-0.25, -0.2) is 0 Å². The second kappa shape index (κ2) is 4.97. The van der Waals surface area contributed by atoms with E-state index in [1.807, 2.05) is 19.1 Å². The molecule has 0 aliphatic carbocycles. The van der Waals surface area contributed by atoms with Crippen molar-refractivity contribution in [1.29, 1.82) is 0 Å². The van der Waals surface area contributed by atoms with Crippen LogP contribution in [0, 0.1) is 0 Å². The van der Waals surface area contributed by atoms with E-state index in [2.05, 4.69) is 17.0 Å². The van der Waals surface area contributed by atoms with Gasteiger partial charge in [0, 0.05) is 47.1 Å². The van der Waals surface area contributed by atoms with Gasteiger partial charge in [0.15, 0.2) is 0 Å². The van der Waals surface area contributed by atoms with Gasteiger partial charge in [0.2, 0.25) is 0 Å². The molecule has 16 heavy (non-hydrogen) atoms. The molecule has 4 heteroatoms. The van der Waals surface area contributed by atoms with Crippen molar-refractivity contribution < 1.29 is 4.21 Å². The predicted molar refractivity (Wildman–Crippen MR) is 69.1 cm³/mol. The van der Waals surface area contributed by atoms with Gasteiger partial charge < -0.3 is 10.6 Å². The van der Waals surface area contributed by atoms with Gasteiger partial charge >= 0.3 is 0 Å². The van der Waals surface area contributed by atoms with Crippen LogP contribution in [0.25, 0.3) is 0 Å². The van der Waals surface area contributed by atoms with Crippen molar-refractivity contribution in [2.75, 3.05) is 29.5 Å². The molecule has 0 spiro atoms. The number of hydrogen-bond acceptors (Lipinski definition) is 3. The molecule has 0 aromatic heterocycles. The van der Waals surface area contributed by atoms with Gasteiger partial charge in [0.1, 0.15) is 0 Å². The molecule has 0 radical (unpaired) electrons. The maximum Gasteiger partial charge on any atom is 0.0415 e. The second-order valence-electron chi connectivity index (χ2n) is 4.18. The standard InChI is InChI=1S/C12H18N2OS/c1-10(13)11-4-2-3-5-12(11)14-6-8-16(15)9-7-14/h2-5,10H,6-9,13H2,1H3. The lowest BCUT2D eigenvalue weighted by Gasteiger charge is -2.31. The third kappa shape index (κ3) is 2.44. The van der Waals surface area contributed by atoms with Crippen molar-refractivity contribution in [3.63, 3.8) is 0 Å². The van der Waals surface area contributed by atoms with Crippen LogP contribution in [0.1, 0.15) is 18.5 Å². The molecule has 3 nitrogen and oxygen atoms in total. The van der Waals surface area contributed by atoms with Crippen LogP contribution < -0.4 is 10.6 Å². The lowest BCUT2D eigenvalue weighted by Crippen LogP contribution is -2.38. The number of para-hydroxylation sites is 1. The number of benzene rings is 1. The Kier molecular flexibility index (Phi) is 3.61. The average molecular weight is 238 g/mol. The van der Waals surface area contributed by atoms with Crippen LogP contribution in [0.4, 0.5) is 5.69 Å². The largest absolute Gasteiger partial charge is 0.369 e. The summed E-state index contributed by atoms with van der Waals surface area (Å²) in [5.74, 6) is 1.54. The third-order valence-electron chi connectivity index (χ3n) is 2.95. The minimum Gasteiger partial charge on any atom is -0.369 e. The second-order valence-corrected chi connectivity index (χ2v) is 5.88. The summed E-state index contributed by atoms with van der Waals surface area (Å²) in [5.41, 5.74) is 8.34. The molecule has 1 fully saturated rings. The normalized spacial score (nSPS) is 19.8. The lowest BCUT2D eigenvalue weighted by atomic mass is 10.1. The van der Waals surface area contributed by atoms with E-state index in [1.165, 1.54) is 11.3 Å². The highest BCUT2D eigenvalue weighted by Crippen LogP contribution is 2.25. The van der Waals surface area contributed by atoms with Crippen molar-refractivity contribution >= 4 is 16.5 Å². The van der Waals surface area contributed by atoms with Crippen molar-refractivity contribution in [2.45, 2.75) is 13.0 Å². The minimum absolute atomic E-state index is 0.0450. The number of anilines is 1. The highest BCUT2D eigenvalue weighted by Gasteiger charge is 2.18. The molecule has 88 valence electrons. The number of rotatable bonds is 2. The number of hydrogen-bond donors (Lipinski definition) is 1. The Hall–Kier alpha value is -0.870. The van der Waals surface area contributed by atoms with Gasteiger partial charge in [-0.15, -0.1) is 0 Å². The summed E-state index contributed by atoms with van der Waals surface area (Å²) < 4.78 is 11.3. The van der Waals surface area contributed by atoms with Gasteiger partial charge in [-0.1, -0.05) is 18.2 Å². The Morgan fingerprint density at radius 2 is 1.94 bits per heavy atom. The van der Waals surface area contributed by atoms with Gasteiger partial charge in [-0.2, -0.15) is 0 Å². The molecule has 0 saturated carbocycles. The summed E-state index contributed by atoms with van der Waals surface area (Å²) in [6, 6.07) is 8.28. The zero-order chi connectivity index (χ0) is 11.5. The fraction of sp³-hybridized carbons (Fsp3) is 0.500. The minimum atomic E-state index is -0.625. The molecule has 1 aliphatic heterocycles. The summed E-state index contributed by atoms with van der Waals surface area (Å²) in [5, 5.41) is 0. The molecule has 0 amide bonds. The molecule has 1 aliphatic rings. The van der Waals surface area contributed by atoms with Crippen LogP contribution in [0.5, 0.6) is 0 Å². The van der Waals surface area contributed by atoms with E-state index >= 15 is 0 Å². The van der Waals surface area contributed by atoms with E-state index in [0.717, 1.165) is 24.6 Å². The molecule has 1 heterocycles. The Labute approximate surface area is 99.1 Å². The molecular weight excluding hydrogens is 220 g/mol. The first-order valence-electron chi connectivity index (χ1n) is 5.63. The van der Waals surface area contributed by atoms with Crippen LogP contribution in [0.2, 0.25) is 0 Å². The molecule has 1 unspecified atom stereocenters. The Morgan fingerprint density at radius 3 is 2.56 bits per heavy atom. The predicted octanol–water partition coefficient (Wildman–Crippen LogP) is 1.28. The number of nitrogens with zero attached hydrogens (tertiary/aromatic N) is 1. The maximum absolute atomic E-state index is 11.3. The van der Waals surface area contributed by atoms with E-state index in [1.54, 1.807) is 0 Å². The molecule has 1 saturated heterocycles. The zero-order valence-electron chi connectivity index (χ0n) is 9.56. The van der Waals surface area contributed by atoms with Gasteiger partial charge in [0.05, 0.1) is 0 Å². The van der Waals surface area contributed by atoms with Crippen molar-refractivity contribution in [3.8, 4) is 0 Å². The molecule has 1 atom stereocenters. The first kappa shape index (κ1) is 11.6. The fourth-order valence-corrected chi connectivity index (χ4v) is 3.09. The molecular formula is C12H18N2OS.